The summed E-state index contributed by atoms with van der Waals surface area (Å²) < 4.78 is 5.15. The SMILES string of the molecule is COc1ccc(Nc2ncccc2C(=O)N(CC(=O)O)Cc2ccccc2Cl)cc1. The van der Waals surface area contributed by atoms with Crippen molar-refractivity contribution in [2.75, 3.05) is 19.0 Å². The lowest BCUT2D eigenvalue weighted by Gasteiger charge is -2.22. The number of aromatic nitrogens is 1. The molecule has 0 radical (unpaired) electrons. The van der Waals surface area contributed by atoms with Gasteiger partial charge in [-0.05, 0) is 48.0 Å². The highest BCUT2D eigenvalue weighted by molar-refractivity contribution is 6.31. The van der Waals surface area contributed by atoms with Crippen molar-refractivity contribution in [3.63, 3.8) is 0 Å². The monoisotopic (exact) mass is 425 g/mol. The number of ether oxygens (including phenoxy) is 1. The minimum atomic E-state index is -1.12. The molecule has 3 rings (SSSR count). The van der Waals surface area contributed by atoms with Crippen LogP contribution in [0.3, 0.4) is 0 Å². The summed E-state index contributed by atoms with van der Waals surface area (Å²) in [5, 5.41) is 12.9. The normalized spacial score (nSPS) is 10.3. The molecule has 1 heterocycles. The zero-order chi connectivity index (χ0) is 21.5. The minimum Gasteiger partial charge on any atom is -0.497 e. The number of nitrogens with zero attached hydrogens (tertiary/aromatic N) is 2. The van der Waals surface area contributed by atoms with Gasteiger partial charge in [-0.1, -0.05) is 29.8 Å². The van der Waals surface area contributed by atoms with E-state index in [1.54, 1.807) is 74.0 Å². The van der Waals surface area contributed by atoms with Crippen molar-refractivity contribution in [2.24, 2.45) is 0 Å². The Bertz CT molecular complexity index is 1040. The summed E-state index contributed by atoms with van der Waals surface area (Å²) in [6.45, 7) is -0.414. The van der Waals surface area contributed by atoms with Crippen LogP contribution in [0.2, 0.25) is 5.02 Å². The maximum absolute atomic E-state index is 13.2. The van der Waals surface area contributed by atoms with Gasteiger partial charge in [-0.15, -0.1) is 0 Å². The van der Waals surface area contributed by atoms with Crippen LogP contribution in [0.25, 0.3) is 0 Å². The van der Waals surface area contributed by atoms with E-state index in [-0.39, 0.29) is 12.1 Å². The van der Waals surface area contributed by atoms with E-state index in [1.165, 1.54) is 4.90 Å². The molecule has 7 nitrogen and oxygen atoms in total. The van der Waals surface area contributed by atoms with Crippen LogP contribution < -0.4 is 10.1 Å². The summed E-state index contributed by atoms with van der Waals surface area (Å²) in [5.41, 5.74) is 1.61. The van der Waals surface area contributed by atoms with Crippen molar-refractivity contribution in [3.8, 4) is 5.75 Å². The molecule has 0 saturated heterocycles. The highest BCUT2D eigenvalue weighted by Crippen LogP contribution is 2.24. The summed E-state index contributed by atoms with van der Waals surface area (Å²) in [5.74, 6) is -0.571. The molecule has 3 aromatic rings. The first-order chi connectivity index (χ1) is 14.5. The molecule has 0 fully saturated rings. The van der Waals surface area contributed by atoms with Crippen molar-refractivity contribution < 1.29 is 19.4 Å². The van der Waals surface area contributed by atoms with Crippen LogP contribution in [0, 0.1) is 0 Å². The number of hydrogen-bond acceptors (Lipinski definition) is 5. The second kappa shape index (κ2) is 9.76. The van der Waals surface area contributed by atoms with Crippen LogP contribution in [0.4, 0.5) is 11.5 Å². The molecule has 0 aliphatic heterocycles. The summed E-state index contributed by atoms with van der Waals surface area (Å²) in [4.78, 5) is 30.1. The quantitative estimate of drug-likeness (QED) is 0.561. The number of benzene rings is 2. The van der Waals surface area contributed by atoms with Crippen LogP contribution in [0.1, 0.15) is 15.9 Å². The van der Waals surface area contributed by atoms with Crippen molar-refractivity contribution in [1.29, 1.82) is 0 Å². The standard InChI is InChI=1S/C22H20ClN3O4/c1-30-17-10-8-16(9-11-17)25-21-18(6-4-12-24-21)22(29)26(14-20(27)28)13-15-5-2-3-7-19(15)23/h2-12H,13-14H2,1H3,(H,24,25)(H,27,28). The Balaban J connectivity index is 1.88. The topological polar surface area (TPSA) is 91.8 Å². The molecule has 0 atom stereocenters. The second-order valence-corrected chi connectivity index (χ2v) is 6.81. The van der Waals surface area contributed by atoms with E-state index in [9.17, 15) is 14.7 Å². The minimum absolute atomic E-state index is 0.0572. The highest BCUT2D eigenvalue weighted by atomic mass is 35.5. The second-order valence-electron chi connectivity index (χ2n) is 6.40. The number of rotatable bonds is 8. The maximum Gasteiger partial charge on any atom is 0.323 e. The fraction of sp³-hybridized carbons (Fsp3) is 0.136. The molecule has 8 heteroatoms. The average Bonchev–Trinajstić information content (AvgIpc) is 2.75. The Labute approximate surface area is 178 Å². The van der Waals surface area contributed by atoms with Crippen LogP contribution in [0.15, 0.2) is 66.9 Å². The van der Waals surface area contributed by atoms with Crippen molar-refractivity contribution in [3.05, 3.63) is 83.0 Å². The summed E-state index contributed by atoms with van der Waals surface area (Å²) in [6.07, 6.45) is 1.55. The molecule has 30 heavy (non-hydrogen) atoms. The van der Waals surface area contributed by atoms with E-state index < -0.39 is 18.4 Å². The zero-order valence-corrected chi connectivity index (χ0v) is 17.0. The number of pyridine rings is 1. The lowest BCUT2D eigenvalue weighted by atomic mass is 10.1. The number of amides is 1. The number of carboxylic acid groups (broad SMARTS) is 1. The summed E-state index contributed by atoms with van der Waals surface area (Å²) in [7, 11) is 1.58. The number of anilines is 2. The zero-order valence-electron chi connectivity index (χ0n) is 16.2. The smallest absolute Gasteiger partial charge is 0.323 e. The van der Waals surface area contributed by atoms with E-state index in [2.05, 4.69) is 10.3 Å². The lowest BCUT2D eigenvalue weighted by molar-refractivity contribution is -0.137. The first kappa shape index (κ1) is 21.1. The van der Waals surface area contributed by atoms with Gasteiger partial charge in [-0.2, -0.15) is 0 Å². The van der Waals surface area contributed by atoms with Crippen molar-refractivity contribution >= 4 is 35.0 Å². The number of halogens is 1. The van der Waals surface area contributed by atoms with Gasteiger partial charge in [0, 0.05) is 23.5 Å². The number of carbonyl (C=O) groups is 2. The number of carboxylic acids is 1. The van der Waals surface area contributed by atoms with E-state index in [4.69, 9.17) is 16.3 Å². The largest absolute Gasteiger partial charge is 0.497 e. The lowest BCUT2D eigenvalue weighted by Crippen LogP contribution is -2.35. The predicted molar refractivity (Wildman–Crippen MR) is 114 cm³/mol. The Morgan fingerprint density at radius 1 is 1.10 bits per heavy atom. The maximum atomic E-state index is 13.2. The molecule has 0 aliphatic rings. The first-order valence-electron chi connectivity index (χ1n) is 9.08. The Hall–Kier alpha value is -3.58. The first-order valence-corrected chi connectivity index (χ1v) is 9.46. The van der Waals surface area contributed by atoms with Crippen molar-refractivity contribution in [2.45, 2.75) is 6.54 Å². The molecule has 0 aliphatic carbocycles. The molecular formula is C22H20ClN3O4. The number of carbonyl (C=O) groups excluding carboxylic acids is 1. The Kier molecular flexibility index (Phi) is 6.87. The molecule has 0 saturated carbocycles. The van der Waals surface area contributed by atoms with Gasteiger partial charge in [0.1, 0.15) is 18.1 Å². The van der Waals surface area contributed by atoms with Gasteiger partial charge in [-0.3, -0.25) is 9.59 Å². The fourth-order valence-corrected chi connectivity index (χ4v) is 3.05. The third-order valence-corrected chi connectivity index (χ3v) is 4.69. The van der Waals surface area contributed by atoms with Crippen molar-refractivity contribution in [1.82, 2.24) is 9.88 Å². The van der Waals surface area contributed by atoms with Gasteiger partial charge in [0.25, 0.3) is 5.91 Å². The molecular weight excluding hydrogens is 406 g/mol. The van der Waals surface area contributed by atoms with E-state index in [1.807, 2.05) is 0 Å². The van der Waals surface area contributed by atoms with Gasteiger partial charge >= 0.3 is 5.97 Å². The molecule has 0 bridgehead atoms. The predicted octanol–water partition coefficient (Wildman–Crippen LogP) is 4.21. The van der Waals surface area contributed by atoms with E-state index in [0.29, 0.717) is 27.8 Å². The Morgan fingerprint density at radius 3 is 2.50 bits per heavy atom. The van der Waals surface area contributed by atoms with Gasteiger partial charge in [0.05, 0.1) is 12.7 Å². The molecule has 0 unspecified atom stereocenters. The van der Waals surface area contributed by atoms with E-state index >= 15 is 0 Å². The molecule has 2 N–H and O–H groups in total. The van der Waals surface area contributed by atoms with Crippen LogP contribution in [0.5, 0.6) is 5.75 Å². The summed E-state index contributed by atoms with van der Waals surface area (Å²) in [6, 6.07) is 17.4. The van der Waals surface area contributed by atoms with Crippen LogP contribution in [-0.2, 0) is 11.3 Å². The highest BCUT2D eigenvalue weighted by Gasteiger charge is 2.23. The van der Waals surface area contributed by atoms with Crippen LogP contribution >= 0.6 is 11.6 Å². The number of nitrogens with one attached hydrogen (secondary N) is 1. The van der Waals surface area contributed by atoms with Gasteiger partial charge in [0.15, 0.2) is 0 Å². The van der Waals surface area contributed by atoms with Gasteiger partial charge in [0.2, 0.25) is 0 Å². The molecule has 0 spiro atoms. The van der Waals surface area contributed by atoms with E-state index in [0.717, 1.165) is 0 Å². The van der Waals surface area contributed by atoms with Crippen LogP contribution in [-0.4, -0.2) is 40.5 Å². The van der Waals surface area contributed by atoms with Gasteiger partial charge in [-0.25, -0.2) is 4.98 Å². The number of aliphatic carboxylic acids is 1. The number of hydrogen-bond donors (Lipinski definition) is 2. The molecule has 1 amide bonds. The van der Waals surface area contributed by atoms with Gasteiger partial charge < -0.3 is 20.1 Å². The molecule has 154 valence electrons. The Morgan fingerprint density at radius 2 is 1.83 bits per heavy atom. The fourth-order valence-electron chi connectivity index (χ4n) is 2.85. The third-order valence-electron chi connectivity index (χ3n) is 4.32. The third kappa shape index (κ3) is 5.27. The molecule has 1 aromatic heterocycles. The summed E-state index contributed by atoms with van der Waals surface area (Å²) >= 11 is 6.20. The average molecular weight is 426 g/mol. The molecule has 2 aromatic carbocycles. The number of methoxy groups -OCH3 is 1.